The van der Waals surface area contributed by atoms with E-state index in [4.69, 9.17) is 4.79 Å². The van der Waals surface area contributed by atoms with Crippen LogP contribution in [-0.2, 0) is 11.2 Å². The van der Waals surface area contributed by atoms with Gasteiger partial charge >= 0.3 is 0 Å². The number of rotatable bonds is 2. The van der Waals surface area contributed by atoms with Gasteiger partial charge in [0, 0.05) is 13.1 Å². The zero-order valence-electron chi connectivity index (χ0n) is 9.07. The Morgan fingerprint density at radius 2 is 1.93 bits per heavy atom. The summed E-state index contributed by atoms with van der Waals surface area (Å²) in [6.07, 6.45) is 1.46. The fourth-order valence-electron chi connectivity index (χ4n) is 1.77. The van der Waals surface area contributed by atoms with Crippen LogP contribution >= 0.6 is 0 Å². The van der Waals surface area contributed by atoms with E-state index in [-0.39, 0.29) is 6.41 Å². The van der Waals surface area contributed by atoms with Crippen LogP contribution in [0.2, 0.25) is 0 Å². The van der Waals surface area contributed by atoms with Crippen molar-refractivity contribution in [1.29, 1.82) is 0 Å². The fraction of sp³-hybridized carbons (Fsp3) is 0.417. The van der Waals surface area contributed by atoms with Crippen LogP contribution in [0.4, 0.5) is 0 Å². The summed E-state index contributed by atoms with van der Waals surface area (Å²) in [5.74, 6) is 0. The van der Waals surface area contributed by atoms with Gasteiger partial charge in [0.15, 0.2) is 0 Å². The Morgan fingerprint density at radius 3 is 2.33 bits per heavy atom. The quantitative estimate of drug-likeness (QED) is 0.708. The second-order valence-electron chi connectivity index (χ2n) is 4.21. The topological polar surface area (TPSA) is 55.1 Å². The first kappa shape index (κ1) is 11.7. The molecule has 1 aliphatic rings. The highest BCUT2D eigenvalue weighted by molar-refractivity contribution is 5.42. The maximum Gasteiger partial charge on any atom is 0.204 e. The van der Waals surface area contributed by atoms with E-state index in [1.54, 1.807) is 0 Å². The van der Waals surface area contributed by atoms with Crippen LogP contribution in [0.1, 0.15) is 12.5 Å². The van der Waals surface area contributed by atoms with E-state index in [1.807, 2.05) is 0 Å². The van der Waals surface area contributed by atoms with Gasteiger partial charge in [0.05, 0.1) is 0 Å². The molecule has 1 fully saturated rings. The molecule has 2 rings (SSSR count). The third-order valence-corrected chi connectivity index (χ3v) is 2.58. The lowest BCUT2D eigenvalue weighted by atomic mass is 9.78. The van der Waals surface area contributed by atoms with Crippen LogP contribution in [0.25, 0.3) is 0 Å². The third kappa shape index (κ3) is 3.72. The molecule has 0 radical (unpaired) electrons. The first-order valence-electron chi connectivity index (χ1n) is 5.10. The molecule has 0 unspecified atom stereocenters. The summed E-state index contributed by atoms with van der Waals surface area (Å²) in [6, 6.07) is 10.7. The van der Waals surface area contributed by atoms with Gasteiger partial charge in [0.25, 0.3) is 0 Å². The average molecular weight is 206 g/mol. The van der Waals surface area contributed by atoms with E-state index in [0.717, 1.165) is 0 Å². The summed E-state index contributed by atoms with van der Waals surface area (Å²) in [5, 5.41) is 3.32. The fourth-order valence-corrected chi connectivity index (χ4v) is 1.77. The largest absolute Gasteiger partial charge is 0.372 e. The van der Waals surface area contributed by atoms with Crippen LogP contribution in [0.3, 0.4) is 0 Å². The molecule has 1 aromatic rings. The molecule has 1 saturated heterocycles. The molecule has 3 heteroatoms. The van der Waals surface area contributed by atoms with Crippen LogP contribution in [0.5, 0.6) is 0 Å². The molecule has 0 bridgehead atoms. The monoisotopic (exact) mass is 206 g/mol. The summed E-state index contributed by atoms with van der Waals surface area (Å²) in [4.78, 5) is 8.58. The van der Waals surface area contributed by atoms with Gasteiger partial charge in [0.1, 0.15) is 0 Å². The molecule has 0 spiro atoms. The van der Waals surface area contributed by atoms with Crippen molar-refractivity contribution in [3.63, 3.8) is 0 Å². The standard InChI is InChI=1S/C11H15N.CH3NO/c1-11(8-12-9-11)7-10-5-3-2-4-6-10;2-1-3/h2-6,12H,7-9H2,1H3;1H,(H2,2,3). The normalized spacial score (nSPS) is 16.9. The van der Waals surface area contributed by atoms with Crippen molar-refractivity contribution in [3.05, 3.63) is 35.9 Å². The highest BCUT2D eigenvalue weighted by Crippen LogP contribution is 2.26. The minimum absolute atomic E-state index is 0.250. The number of carbonyl (C=O) groups is 1. The molecule has 0 saturated carbocycles. The predicted octanol–water partition coefficient (Wildman–Crippen LogP) is 0.940. The van der Waals surface area contributed by atoms with Crippen molar-refractivity contribution in [2.24, 2.45) is 11.1 Å². The highest BCUT2D eigenvalue weighted by atomic mass is 16.1. The second-order valence-corrected chi connectivity index (χ2v) is 4.21. The predicted molar refractivity (Wildman–Crippen MR) is 61.4 cm³/mol. The molecule has 1 aromatic carbocycles. The summed E-state index contributed by atoms with van der Waals surface area (Å²) in [6.45, 7) is 4.68. The third-order valence-electron chi connectivity index (χ3n) is 2.58. The molecule has 1 aliphatic heterocycles. The number of hydrogen-bond acceptors (Lipinski definition) is 2. The maximum absolute atomic E-state index is 8.58. The molecule has 1 heterocycles. The lowest BCUT2D eigenvalue weighted by molar-refractivity contribution is -0.106. The van der Waals surface area contributed by atoms with Crippen molar-refractivity contribution in [2.75, 3.05) is 13.1 Å². The molecular weight excluding hydrogens is 188 g/mol. The number of amides is 1. The summed E-state index contributed by atoms with van der Waals surface area (Å²) in [7, 11) is 0. The van der Waals surface area contributed by atoms with Crippen LogP contribution in [-0.4, -0.2) is 19.5 Å². The number of nitrogens with one attached hydrogen (secondary N) is 1. The minimum Gasteiger partial charge on any atom is -0.372 e. The van der Waals surface area contributed by atoms with Crippen LogP contribution in [0, 0.1) is 5.41 Å². The summed E-state index contributed by atoms with van der Waals surface area (Å²) >= 11 is 0. The number of carbonyl (C=O) groups excluding carboxylic acids is 1. The SMILES string of the molecule is CC1(Cc2ccccc2)CNC1.NC=O. The smallest absolute Gasteiger partial charge is 0.204 e. The number of benzene rings is 1. The Bertz CT molecular complexity index is 294. The van der Waals surface area contributed by atoms with E-state index in [2.05, 4.69) is 48.3 Å². The second kappa shape index (κ2) is 5.51. The number of primary amides is 1. The molecule has 1 amide bonds. The highest BCUT2D eigenvalue weighted by Gasteiger charge is 2.31. The van der Waals surface area contributed by atoms with Crippen molar-refractivity contribution in [2.45, 2.75) is 13.3 Å². The van der Waals surface area contributed by atoms with E-state index in [9.17, 15) is 0 Å². The summed E-state index contributed by atoms with van der Waals surface area (Å²) < 4.78 is 0. The molecule has 3 N–H and O–H groups in total. The van der Waals surface area contributed by atoms with Crippen LogP contribution in [0.15, 0.2) is 30.3 Å². The molecular formula is C12H18N2O. The zero-order chi connectivity index (χ0) is 11.1. The number of nitrogens with two attached hydrogens (primary N) is 1. The van der Waals surface area contributed by atoms with Gasteiger partial charge in [-0.15, -0.1) is 0 Å². The molecule has 0 atom stereocenters. The minimum atomic E-state index is 0.250. The average Bonchev–Trinajstić information content (AvgIpc) is 2.18. The summed E-state index contributed by atoms with van der Waals surface area (Å²) in [5.41, 5.74) is 6.14. The van der Waals surface area contributed by atoms with E-state index < -0.39 is 0 Å². The Kier molecular flexibility index (Phi) is 4.31. The zero-order valence-corrected chi connectivity index (χ0v) is 9.07. The first-order chi connectivity index (χ1) is 7.20. The molecule has 15 heavy (non-hydrogen) atoms. The lowest BCUT2D eigenvalue weighted by Gasteiger charge is -2.39. The van der Waals surface area contributed by atoms with Crippen molar-refractivity contribution >= 4 is 6.41 Å². The van der Waals surface area contributed by atoms with Crippen molar-refractivity contribution in [3.8, 4) is 0 Å². The molecule has 0 aromatic heterocycles. The molecule has 82 valence electrons. The Balaban J connectivity index is 0.000000337. The Morgan fingerprint density at radius 1 is 1.40 bits per heavy atom. The van der Waals surface area contributed by atoms with Gasteiger partial charge in [0.2, 0.25) is 6.41 Å². The van der Waals surface area contributed by atoms with Crippen molar-refractivity contribution < 1.29 is 4.79 Å². The van der Waals surface area contributed by atoms with Gasteiger partial charge in [-0.2, -0.15) is 0 Å². The van der Waals surface area contributed by atoms with Crippen LogP contribution < -0.4 is 11.1 Å². The maximum atomic E-state index is 8.58. The van der Waals surface area contributed by atoms with Crippen molar-refractivity contribution in [1.82, 2.24) is 5.32 Å². The van der Waals surface area contributed by atoms with E-state index >= 15 is 0 Å². The van der Waals surface area contributed by atoms with E-state index in [1.165, 1.54) is 25.1 Å². The van der Waals surface area contributed by atoms with Gasteiger partial charge in [-0.05, 0) is 17.4 Å². The van der Waals surface area contributed by atoms with Gasteiger partial charge in [-0.3, -0.25) is 4.79 Å². The van der Waals surface area contributed by atoms with Gasteiger partial charge in [-0.1, -0.05) is 37.3 Å². The lowest BCUT2D eigenvalue weighted by Crippen LogP contribution is -2.52. The molecule has 0 aliphatic carbocycles. The van der Waals surface area contributed by atoms with Gasteiger partial charge < -0.3 is 11.1 Å². The Hall–Kier alpha value is -1.35. The van der Waals surface area contributed by atoms with Gasteiger partial charge in [-0.25, -0.2) is 0 Å². The Labute approximate surface area is 90.7 Å². The number of hydrogen-bond donors (Lipinski definition) is 2. The first-order valence-corrected chi connectivity index (χ1v) is 5.10. The van der Waals surface area contributed by atoms with E-state index in [0.29, 0.717) is 5.41 Å². The molecule has 3 nitrogen and oxygen atoms in total.